The van der Waals surface area contributed by atoms with E-state index in [9.17, 15) is 4.79 Å². The SMILES string of the molecule is CCOC(=O)C(C)(C)[C@@]1(O[Si](C)(C)C(C)(C)C)CCCC[C@@H]1C. The molecule has 0 aromatic heterocycles. The normalized spacial score (nSPS) is 26.9. The molecule has 0 aromatic rings. The third-order valence-corrected chi connectivity index (χ3v) is 10.8. The molecule has 23 heavy (non-hydrogen) atoms. The first-order chi connectivity index (χ1) is 10.3. The molecule has 0 spiro atoms. The lowest BCUT2D eigenvalue weighted by Gasteiger charge is -2.56. The van der Waals surface area contributed by atoms with Crippen LogP contribution in [0.1, 0.15) is 74.1 Å². The summed E-state index contributed by atoms with van der Waals surface area (Å²) in [5.41, 5.74) is -1.04. The molecule has 1 aliphatic rings. The van der Waals surface area contributed by atoms with Crippen LogP contribution in [0, 0.1) is 11.3 Å². The van der Waals surface area contributed by atoms with Crippen molar-refractivity contribution in [2.24, 2.45) is 11.3 Å². The second-order valence-corrected chi connectivity index (χ2v) is 14.0. The molecule has 1 rings (SSSR count). The van der Waals surface area contributed by atoms with Gasteiger partial charge in [-0.1, -0.05) is 40.5 Å². The van der Waals surface area contributed by atoms with Gasteiger partial charge in [0.25, 0.3) is 0 Å². The van der Waals surface area contributed by atoms with Crippen molar-refractivity contribution in [1.29, 1.82) is 0 Å². The molecule has 0 unspecified atom stereocenters. The zero-order chi connectivity index (χ0) is 18.1. The van der Waals surface area contributed by atoms with E-state index in [0.717, 1.165) is 19.3 Å². The minimum atomic E-state index is -1.99. The maximum absolute atomic E-state index is 12.8. The molecular formula is C19H38O3Si. The van der Waals surface area contributed by atoms with Crippen molar-refractivity contribution < 1.29 is 14.0 Å². The van der Waals surface area contributed by atoms with E-state index in [2.05, 4.69) is 40.8 Å². The number of hydrogen-bond donors (Lipinski definition) is 0. The van der Waals surface area contributed by atoms with Gasteiger partial charge in [-0.3, -0.25) is 4.79 Å². The summed E-state index contributed by atoms with van der Waals surface area (Å²) in [4.78, 5) is 12.8. The third kappa shape index (κ3) is 3.84. The van der Waals surface area contributed by atoms with E-state index < -0.39 is 19.3 Å². The van der Waals surface area contributed by atoms with Crippen molar-refractivity contribution >= 4 is 14.3 Å². The monoisotopic (exact) mass is 342 g/mol. The fourth-order valence-electron chi connectivity index (χ4n) is 3.62. The van der Waals surface area contributed by atoms with Gasteiger partial charge in [0.1, 0.15) is 0 Å². The van der Waals surface area contributed by atoms with Gasteiger partial charge in [0, 0.05) is 0 Å². The second-order valence-electron chi connectivity index (χ2n) is 9.24. The first-order valence-corrected chi connectivity index (χ1v) is 12.1. The number of rotatable bonds is 5. The quantitative estimate of drug-likeness (QED) is 0.485. The van der Waals surface area contributed by atoms with E-state index in [1.165, 1.54) is 6.42 Å². The van der Waals surface area contributed by atoms with Crippen LogP contribution in [0.5, 0.6) is 0 Å². The van der Waals surface area contributed by atoms with Crippen molar-refractivity contribution in [3.63, 3.8) is 0 Å². The Morgan fingerprint density at radius 2 is 1.74 bits per heavy atom. The first kappa shape index (κ1) is 20.7. The van der Waals surface area contributed by atoms with Crippen molar-refractivity contribution in [2.45, 2.75) is 97.9 Å². The average Bonchev–Trinajstić information content (AvgIpc) is 2.40. The molecule has 136 valence electrons. The Hall–Kier alpha value is -0.353. The highest BCUT2D eigenvalue weighted by Crippen LogP contribution is 2.53. The summed E-state index contributed by atoms with van der Waals surface area (Å²) in [6.45, 7) is 20.0. The molecule has 0 saturated heterocycles. The van der Waals surface area contributed by atoms with E-state index in [0.29, 0.717) is 12.5 Å². The van der Waals surface area contributed by atoms with E-state index in [-0.39, 0.29) is 11.0 Å². The molecule has 0 aliphatic heterocycles. The zero-order valence-corrected chi connectivity index (χ0v) is 17.8. The van der Waals surface area contributed by atoms with Crippen LogP contribution < -0.4 is 0 Å². The van der Waals surface area contributed by atoms with Gasteiger partial charge in [0.2, 0.25) is 0 Å². The lowest BCUT2D eigenvalue weighted by atomic mass is 9.62. The van der Waals surface area contributed by atoms with Crippen LogP contribution in [-0.2, 0) is 14.0 Å². The molecule has 0 bridgehead atoms. The van der Waals surface area contributed by atoms with Gasteiger partial charge in [-0.25, -0.2) is 0 Å². The highest BCUT2D eigenvalue weighted by atomic mass is 28.4. The first-order valence-electron chi connectivity index (χ1n) is 9.19. The fraction of sp³-hybridized carbons (Fsp3) is 0.947. The predicted octanol–water partition coefficient (Wildman–Crippen LogP) is 5.55. The largest absolute Gasteiger partial charge is 0.465 e. The van der Waals surface area contributed by atoms with E-state index >= 15 is 0 Å². The van der Waals surface area contributed by atoms with Gasteiger partial charge in [-0.15, -0.1) is 0 Å². The molecule has 1 aliphatic carbocycles. The van der Waals surface area contributed by atoms with Crippen LogP contribution >= 0.6 is 0 Å². The lowest BCUT2D eigenvalue weighted by molar-refractivity contribution is -0.180. The standard InChI is InChI=1S/C19H38O3Si/c1-10-21-16(20)18(6,7)19(14-12-11-13-15(19)2)22-23(8,9)17(3,4)5/h15H,10-14H2,1-9H3/t15-,19+/m0/s1. The van der Waals surface area contributed by atoms with Crippen molar-refractivity contribution in [3.8, 4) is 0 Å². The molecule has 3 nitrogen and oxygen atoms in total. The van der Waals surface area contributed by atoms with Gasteiger partial charge >= 0.3 is 5.97 Å². The second kappa shape index (κ2) is 6.87. The predicted molar refractivity (Wildman–Crippen MR) is 99.1 cm³/mol. The summed E-state index contributed by atoms with van der Waals surface area (Å²) in [7, 11) is -1.99. The molecule has 1 fully saturated rings. The summed E-state index contributed by atoms with van der Waals surface area (Å²) in [5.74, 6) is 0.247. The number of ether oxygens (including phenoxy) is 1. The average molecular weight is 343 g/mol. The summed E-state index contributed by atoms with van der Waals surface area (Å²) >= 11 is 0. The summed E-state index contributed by atoms with van der Waals surface area (Å²) < 4.78 is 12.4. The molecule has 0 heterocycles. The highest BCUT2D eigenvalue weighted by molar-refractivity contribution is 6.74. The van der Waals surface area contributed by atoms with Crippen molar-refractivity contribution in [1.82, 2.24) is 0 Å². The lowest BCUT2D eigenvalue weighted by Crippen LogP contribution is -2.62. The zero-order valence-electron chi connectivity index (χ0n) is 16.8. The van der Waals surface area contributed by atoms with Gasteiger partial charge < -0.3 is 9.16 Å². The van der Waals surface area contributed by atoms with Crippen LogP contribution in [0.2, 0.25) is 18.1 Å². The summed E-state index contributed by atoms with van der Waals surface area (Å²) in [6.07, 6.45) is 4.43. The molecule has 2 atom stereocenters. The number of carbonyl (C=O) groups excluding carboxylic acids is 1. The van der Waals surface area contributed by atoms with Crippen LogP contribution in [0.4, 0.5) is 0 Å². The van der Waals surface area contributed by atoms with Gasteiger partial charge in [-0.2, -0.15) is 0 Å². The van der Waals surface area contributed by atoms with Crippen molar-refractivity contribution in [2.75, 3.05) is 6.61 Å². The number of carbonyl (C=O) groups is 1. The maximum Gasteiger partial charge on any atom is 0.314 e. The Balaban J connectivity index is 3.32. The van der Waals surface area contributed by atoms with Gasteiger partial charge in [-0.05, 0) is 57.7 Å². The topological polar surface area (TPSA) is 35.5 Å². The summed E-state index contributed by atoms with van der Waals surface area (Å²) in [6, 6.07) is 0. The smallest absolute Gasteiger partial charge is 0.314 e. The molecule has 0 radical (unpaired) electrons. The van der Waals surface area contributed by atoms with Gasteiger partial charge in [0.15, 0.2) is 8.32 Å². The highest BCUT2D eigenvalue weighted by Gasteiger charge is 2.58. The van der Waals surface area contributed by atoms with Crippen molar-refractivity contribution in [3.05, 3.63) is 0 Å². The Bertz CT molecular complexity index is 423. The molecule has 1 saturated carbocycles. The molecular weight excluding hydrogens is 304 g/mol. The van der Waals surface area contributed by atoms with Crippen LogP contribution in [0.25, 0.3) is 0 Å². The minimum absolute atomic E-state index is 0.118. The van der Waals surface area contributed by atoms with E-state index in [4.69, 9.17) is 9.16 Å². The van der Waals surface area contributed by atoms with Gasteiger partial charge in [0.05, 0.1) is 17.6 Å². The van der Waals surface area contributed by atoms with E-state index in [1.807, 2.05) is 20.8 Å². The molecule has 4 heteroatoms. The Labute approximate surface area is 144 Å². The molecule has 0 N–H and O–H groups in total. The minimum Gasteiger partial charge on any atom is -0.465 e. The maximum atomic E-state index is 12.8. The van der Waals surface area contributed by atoms with Crippen LogP contribution in [0.15, 0.2) is 0 Å². The van der Waals surface area contributed by atoms with E-state index in [1.54, 1.807) is 0 Å². The molecule has 0 amide bonds. The Morgan fingerprint density at radius 3 is 2.17 bits per heavy atom. The fourth-order valence-corrected chi connectivity index (χ4v) is 5.39. The van der Waals surface area contributed by atoms with Crippen LogP contribution in [0.3, 0.4) is 0 Å². The number of hydrogen-bond acceptors (Lipinski definition) is 3. The third-order valence-electron chi connectivity index (χ3n) is 6.32. The Morgan fingerprint density at radius 1 is 1.17 bits per heavy atom. The summed E-state index contributed by atoms with van der Waals surface area (Å²) in [5, 5.41) is 0.127. The number of esters is 1. The van der Waals surface area contributed by atoms with Crippen LogP contribution in [-0.4, -0.2) is 26.5 Å². The Kier molecular flexibility index (Phi) is 6.18. The molecule has 0 aromatic carbocycles.